The molecule has 23 heavy (non-hydrogen) atoms. The topological polar surface area (TPSA) is 101 Å². The van der Waals surface area contributed by atoms with Crippen molar-refractivity contribution in [3.63, 3.8) is 0 Å². The first-order chi connectivity index (χ1) is 10.4. The van der Waals surface area contributed by atoms with Gasteiger partial charge in [-0.2, -0.15) is 0 Å². The van der Waals surface area contributed by atoms with Crippen molar-refractivity contribution in [3.8, 4) is 0 Å². The quantitative estimate of drug-likeness (QED) is 0.633. The molecular weight excluding hydrogens is 345 g/mol. The lowest BCUT2D eigenvalue weighted by Gasteiger charge is -2.12. The summed E-state index contributed by atoms with van der Waals surface area (Å²) >= 11 is 0. The van der Waals surface area contributed by atoms with Crippen molar-refractivity contribution in [2.24, 2.45) is 11.7 Å². The number of hydrogen-bond donors (Lipinski definition) is 3. The van der Waals surface area contributed by atoms with Gasteiger partial charge in [-0.1, -0.05) is 0 Å². The van der Waals surface area contributed by atoms with Crippen molar-refractivity contribution in [3.05, 3.63) is 30.1 Å². The number of benzene rings is 1. The highest BCUT2D eigenvalue weighted by atomic mass is 35.5. The van der Waals surface area contributed by atoms with Gasteiger partial charge in [-0.25, -0.2) is 17.5 Å². The van der Waals surface area contributed by atoms with E-state index in [1.165, 1.54) is 12.1 Å². The Bertz CT molecular complexity index is 621. The molecule has 1 atom stereocenters. The third-order valence-corrected chi connectivity index (χ3v) is 5.01. The van der Waals surface area contributed by atoms with Crippen LogP contribution in [0.25, 0.3) is 0 Å². The number of halogens is 2. The molecule has 1 aliphatic carbocycles. The average Bonchev–Trinajstić information content (AvgIpc) is 3.29. The minimum atomic E-state index is -3.73. The van der Waals surface area contributed by atoms with Crippen LogP contribution < -0.4 is 15.8 Å². The van der Waals surface area contributed by atoms with Crippen LogP contribution in [0.2, 0.25) is 0 Å². The number of rotatable bonds is 8. The summed E-state index contributed by atoms with van der Waals surface area (Å²) in [5.41, 5.74) is 5.86. The van der Waals surface area contributed by atoms with Crippen LogP contribution in [0.3, 0.4) is 0 Å². The number of nitrogens with one attached hydrogen (secondary N) is 2. The monoisotopic (exact) mass is 365 g/mol. The van der Waals surface area contributed by atoms with Gasteiger partial charge in [0.2, 0.25) is 15.9 Å². The summed E-state index contributed by atoms with van der Waals surface area (Å²) in [6.07, 6.45) is 2.24. The van der Waals surface area contributed by atoms with E-state index in [2.05, 4.69) is 10.0 Å². The lowest BCUT2D eigenvalue weighted by atomic mass is 10.2. The summed E-state index contributed by atoms with van der Waals surface area (Å²) in [6, 6.07) is 4.46. The van der Waals surface area contributed by atoms with E-state index in [4.69, 9.17) is 5.73 Å². The van der Waals surface area contributed by atoms with Crippen molar-refractivity contribution in [1.29, 1.82) is 0 Å². The standard InChI is InChI=1S/C14H20FN3O3S.ClH/c15-11-3-5-12(6-4-11)22(20,21)18-8-7-14(19)17-9-13(16)10-1-2-10;/h3-6,10,13,18H,1-2,7-9,16H2,(H,17,19);1H. The first-order valence-corrected chi connectivity index (χ1v) is 8.64. The van der Waals surface area contributed by atoms with Crippen molar-refractivity contribution in [2.45, 2.75) is 30.2 Å². The van der Waals surface area contributed by atoms with E-state index in [-0.39, 0.29) is 42.2 Å². The average molecular weight is 366 g/mol. The van der Waals surface area contributed by atoms with Crippen molar-refractivity contribution < 1.29 is 17.6 Å². The summed E-state index contributed by atoms with van der Waals surface area (Å²) in [5, 5.41) is 2.69. The molecule has 130 valence electrons. The van der Waals surface area contributed by atoms with E-state index in [9.17, 15) is 17.6 Å². The van der Waals surface area contributed by atoms with Crippen LogP contribution in [-0.2, 0) is 14.8 Å². The van der Waals surface area contributed by atoms with Crippen LogP contribution in [0, 0.1) is 11.7 Å². The van der Waals surface area contributed by atoms with E-state index in [0.29, 0.717) is 12.5 Å². The Labute approximate surface area is 141 Å². The summed E-state index contributed by atoms with van der Waals surface area (Å²) in [5.74, 6) is -0.263. The fraction of sp³-hybridized carbons (Fsp3) is 0.500. The number of hydrogen-bond acceptors (Lipinski definition) is 4. The Hall–Kier alpha value is -1.22. The third-order valence-electron chi connectivity index (χ3n) is 3.53. The molecule has 1 aromatic carbocycles. The normalized spacial score (nSPS) is 15.6. The second-order valence-corrected chi connectivity index (χ2v) is 7.17. The van der Waals surface area contributed by atoms with Crippen LogP contribution in [0.4, 0.5) is 4.39 Å². The van der Waals surface area contributed by atoms with Gasteiger partial charge in [0.15, 0.2) is 0 Å². The Morgan fingerprint density at radius 2 is 1.91 bits per heavy atom. The van der Waals surface area contributed by atoms with Crippen molar-refractivity contribution in [1.82, 2.24) is 10.0 Å². The molecule has 9 heteroatoms. The van der Waals surface area contributed by atoms with Gasteiger partial charge in [0.05, 0.1) is 4.90 Å². The Kier molecular flexibility index (Phi) is 7.40. The molecule has 1 aliphatic rings. The van der Waals surface area contributed by atoms with Crippen LogP contribution in [0.15, 0.2) is 29.2 Å². The predicted octanol–water partition coefficient (Wildman–Crippen LogP) is 0.769. The van der Waals surface area contributed by atoms with E-state index in [1.54, 1.807) is 0 Å². The summed E-state index contributed by atoms with van der Waals surface area (Å²) in [7, 11) is -3.73. The predicted molar refractivity (Wildman–Crippen MR) is 87.2 cm³/mol. The zero-order valence-corrected chi connectivity index (χ0v) is 14.1. The molecule has 6 nitrogen and oxygen atoms in total. The lowest BCUT2D eigenvalue weighted by Crippen LogP contribution is -2.39. The maximum Gasteiger partial charge on any atom is 0.240 e. The van der Waals surface area contributed by atoms with E-state index in [0.717, 1.165) is 25.0 Å². The molecule has 1 saturated carbocycles. The largest absolute Gasteiger partial charge is 0.354 e. The molecule has 0 aromatic heterocycles. The van der Waals surface area contributed by atoms with Gasteiger partial charge < -0.3 is 11.1 Å². The number of amides is 1. The SMILES string of the molecule is Cl.NC(CNC(=O)CCNS(=O)(=O)c1ccc(F)cc1)C1CC1. The Morgan fingerprint density at radius 1 is 1.30 bits per heavy atom. The number of carbonyl (C=O) groups excluding carboxylic acids is 1. The fourth-order valence-corrected chi connectivity index (χ4v) is 3.04. The minimum Gasteiger partial charge on any atom is -0.354 e. The fourth-order valence-electron chi connectivity index (χ4n) is 2.01. The van der Waals surface area contributed by atoms with Gasteiger partial charge in [0, 0.05) is 25.6 Å². The first kappa shape index (κ1) is 19.8. The molecule has 0 radical (unpaired) electrons. The number of nitrogens with two attached hydrogens (primary N) is 1. The van der Waals surface area contributed by atoms with E-state index < -0.39 is 15.8 Å². The number of carbonyl (C=O) groups is 1. The van der Waals surface area contributed by atoms with Crippen LogP contribution in [0.5, 0.6) is 0 Å². The maximum atomic E-state index is 12.8. The molecule has 2 rings (SSSR count). The molecule has 1 unspecified atom stereocenters. The zero-order valence-electron chi connectivity index (χ0n) is 12.5. The maximum absolute atomic E-state index is 12.8. The lowest BCUT2D eigenvalue weighted by molar-refractivity contribution is -0.121. The molecule has 0 aliphatic heterocycles. The Morgan fingerprint density at radius 3 is 2.48 bits per heavy atom. The molecule has 1 fully saturated rings. The highest BCUT2D eigenvalue weighted by molar-refractivity contribution is 7.89. The van der Waals surface area contributed by atoms with Crippen LogP contribution >= 0.6 is 12.4 Å². The molecule has 0 bridgehead atoms. The Balaban J connectivity index is 0.00000264. The van der Waals surface area contributed by atoms with Crippen LogP contribution in [-0.4, -0.2) is 33.5 Å². The zero-order chi connectivity index (χ0) is 16.2. The molecule has 1 aromatic rings. The molecule has 0 saturated heterocycles. The minimum absolute atomic E-state index is 0. The highest BCUT2D eigenvalue weighted by Gasteiger charge is 2.28. The van der Waals surface area contributed by atoms with Gasteiger partial charge >= 0.3 is 0 Å². The van der Waals surface area contributed by atoms with Gasteiger partial charge in [0.1, 0.15) is 5.82 Å². The summed E-state index contributed by atoms with van der Waals surface area (Å²) in [4.78, 5) is 11.6. The molecule has 4 N–H and O–H groups in total. The van der Waals surface area contributed by atoms with Gasteiger partial charge in [-0.3, -0.25) is 4.79 Å². The summed E-state index contributed by atoms with van der Waals surface area (Å²) < 4.78 is 38.9. The first-order valence-electron chi connectivity index (χ1n) is 7.16. The molecular formula is C14H21ClFN3O3S. The van der Waals surface area contributed by atoms with Gasteiger partial charge in [0.25, 0.3) is 0 Å². The molecule has 1 amide bonds. The van der Waals surface area contributed by atoms with Crippen molar-refractivity contribution in [2.75, 3.05) is 13.1 Å². The third kappa shape index (κ3) is 6.42. The van der Waals surface area contributed by atoms with Crippen molar-refractivity contribution >= 4 is 28.3 Å². The van der Waals surface area contributed by atoms with E-state index >= 15 is 0 Å². The summed E-state index contributed by atoms with van der Waals surface area (Å²) in [6.45, 7) is 0.387. The number of sulfonamides is 1. The van der Waals surface area contributed by atoms with Crippen LogP contribution in [0.1, 0.15) is 19.3 Å². The van der Waals surface area contributed by atoms with Gasteiger partial charge in [-0.15, -0.1) is 12.4 Å². The molecule has 0 spiro atoms. The molecule has 0 heterocycles. The second-order valence-electron chi connectivity index (χ2n) is 5.41. The second kappa shape index (κ2) is 8.58. The highest BCUT2D eigenvalue weighted by Crippen LogP contribution is 2.31. The van der Waals surface area contributed by atoms with E-state index in [1.807, 2.05) is 0 Å². The smallest absolute Gasteiger partial charge is 0.240 e. The van der Waals surface area contributed by atoms with Gasteiger partial charge in [-0.05, 0) is 43.0 Å².